The van der Waals surface area contributed by atoms with Crippen molar-refractivity contribution in [2.75, 3.05) is 7.11 Å². The summed E-state index contributed by atoms with van der Waals surface area (Å²) in [6.07, 6.45) is -0.227. The molecule has 138 valence electrons. The van der Waals surface area contributed by atoms with Crippen LogP contribution in [0.5, 0.6) is 0 Å². The predicted octanol–water partition coefficient (Wildman–Crippen LogP) is 4.09. The van der Waals surface area contributed by atoms with Crippen molar-refractivity contribution in [3.63, 3.8) is 0 Å². The maximum atomic E-state index is 11.9. The third kappa shape index (κ3) is 5.92. The summed E-state index contributed by atoms with van der Waals surface area (Å²) in [6, 6.07) is 15.6. The summed E-state index contributed by atoms with van der Waals surface area (Å²) < 4.78 is 10.0. The number of nitrogens with one attached hydrogen (secondary N) is 1. The fraction of sp³-hybridized carbons (Fsp3) is 0.333. The molecule has 0 saturated heterocycles. The molecule has 2 aromatic rings. The highest BCUT2D eigenvalue weighted by atomic mass is 16.6. The summed E-state index contributed by atoms with van der Waals surface area (Å²) in [5, 5.41) is 2.79. The second-order valence-corrected chi connectivity index (χ2v) is 6.97. The zero-order chi connectivity index (χ0) is 19.2. The van der Waals surface area contributed by atoms with Crippen LogP contribution in [-0.2, 0) is 27.2 Å². The fourth-order valence-electron chi connectivity index (χ4n) is 2.53. The van der Waals surface area contributed by atoms with E-state index in [1.54, 1.807) is 0 Å². The highest BCUT2D eigenvalue weighted by molar-refractivity contribution is 5.75. The van der Waals surface area contributed by atoms with Crippen LogP contribution in [0.4, 0.5) is 4.79 Å². The molecule has 26 heavy (non-hydrogen) atoms. The van der Waals surface area contributed by atoms with Crippen LogP contribution in [0.25, 0.3) is 11.1 Å². The van der Waals surface area contributed by atoms with Crippen LogP contribution in [0.2, 0.25) is 0 Å². The Bertz CT molecular complexity index is 778. The fourth-order valence-corrected chi connectivity index (χ4v) is 2.53. The normalized spacial score (nSPS) is 10.9. The number of alkyl carbamates (subject to hydrolysis) is 1. The second-order valence-electron chi connectivity index (χ2n) is 6.97. The Morgan fingerprint density at radius 3 is 2.46 bits per heavy atom. The van der Waals surface area contributed by atoms with E-state index in [1.807, 2.05) is 69.3 Å². The van der Waals surface area contributed by atoms with E-state index in [2.05, 4.69) is 5.32 Å². The zero-order valence-corrected chi connectivity index (χ0v) is 15.7. The number of amides is 1. The van der Waals surface area contributed by atoms with Gasteiger partial charge in [0.15, 0.2) is 0 Å². The molecule has 0 aliphatic carbocycles. The lowest BCUT2D eigenvalue weighted by Gasteiger charge is -2.20. The first-order valence-electron chi connectivity index (χ1n) is 8.49. The summed E-state index contributed by atoms with van der Waals surface area (Å²) >= 11 is 0. The van der Waals surface area contributed by atoms with E-state index in [9.17, 15) is 9.59 Å². The van der Waals surface area contributed by atoms with E-state index in [1.165, 1.54) is 7.11 Å². The Labute approximate surface area is 154 Å². The van der Waals surface area contributed by atoms with Crippen molar-refractivity contribution in [2.24, 2.45) is 0 Å². The van der Waals surface area contributed by atoms with Gasteiger partial charge in [-0.05, 0) is 43.0 Å². The number of hydrogen-bond donors (Lipinski definition) is 1. The molecule has 0 bridgehead atoms. The van der Waals surface area contributed by atoms with Gasteiger partial charge in [-0.2, -0.15) is 0 Å². The number of esters is 1. The molecule has 1 N–H and O–H groups in total. The molecular formula is C21H25NO4. The van der Waals surface area contributed by atoms with E-state index in [4.69, 9.17) is 9.47 Å². The van der Waals surface area contributed by atoms with Crippen LogP contribution in [0.1, 0.15) is 31.9 Å². The van der Waals surface area contributed by atoms with Gasteiger partial charge in [0.25, 0.3) is 0 Å². The molecule has 0 spiro atoms. The SMILES string of the molecule is COC(=O)Cc1cccc(-c2ccccc2CNC(=O)OC(C)(C)C)c1. The minimum Gasteiger partial charge on any atom is -0.469 e. The molecule has 5 heteroatoms. The van der Waals surface area contributed by atoms with Crippen LogP contribution in [0.3, 0.4) is 0 Å². The predicted molar refractivity (Wildman–Crippen MR) is 101 cm³/mol. The van der Waals surface area contributed by atoms with Gasteiger partial charge in [-0.25, -0.2) is 4.79 Å². The number of ether oxygens (including phenoxy) is 2. The van der Waals surface area contributed by atoms with Gasteiger partial charge in [-0.15, -0.1) is 0 Å². The quantitative estimate of drug-likeness (QED) is 0.821. The Kier molecular flexibility index (Phi) is 6.39. The number of carbonyl (C=O) groups is 2. The molecular weight excluding hydrogens is 330 g/mol. The second kappa shape index (κ2) is 8.52. The van der Waals surface area contributed by atoms with E-state index in [0.29, 0.717) is 6.54 Å². The Hall–Kier alpha value is -2.82. The largest absolute Gasteiger partial charge is 0.469 e. The molecule has 0 aliphatic heterocycles. The Morgan fingerprint density at radius 1 is 1.04 bits per heavy atom. The average molecular weight is 355 g/mol. The number of methoxy groups -OCH3 is 1. The smallest absolute Gasteiger partial charge is 0.407 e. The molecule has 0 radical (unpaired) electrons. The molecule has 0 unspecified atom stereocenters. The monoisotopic (exact) mass is 355 g/mol. The van der Waals surface area contributed by atoms with Gasteiger partial charge in [-0.3, -0.25) is 4.79 Å². The van der Waals surface area contributed by atoms with E-state index >= 15 is 0 Å². The summed E-state index contributed by atoms with van der Waals surface area (Å²) in [5.74, 6) is -0.276. The van der Waals surface area contributed by atoms with Crippen LogP contribution < -0.4 is 5.32 Å². The lowest BCUT2D eigenvalue weighted by Crippen LogP contribution is -2.32. The highest BCUT2D eigenvalue weighted by Crippen LogP contribution is 2.25. The van der Waals surface area contributed by atoms with Crippen molar-refractivity contribution in [3.05, 3.63) is 59.7 Å². The maximum Gasteiger partial charge on any atom is 0.407 e. The van der Waals surface area contributed by atoms with Crippen LogP contribution in [-0.4, -0.2) is 24.8 Å². The first-order chi connectivity index (χ1) is 12.3. The average Bonchev–Trinajstić information content (AvgIpc) is 2.59. The van der Waals surface area contributed by atoms with E-state index in [-0.39, 0.29) is 12.4 Å². The zero-order valence-electron chi connectivity index (χ0n) is 15.7. The van der Waals surface area contributed by atoms with Gasteiger partial charge in [0.1, 0.15) is 5.60 Å². The number of carbonyl (C=O) groups excluding carboxylic acids is 2. The molecule has 0 fully saturated rings. The molecule has 0 aliphatic rings. The van der Waals surface area contributed by atoms with Crippen LogP contribution in [0.15, 0.2) is 48.5 Å². The number of hydrogen-bond acceptors (Lipinski definition) is 4. The lowest BCUT2D eigenvalue weighted by atomic mass is 9.97. The summed E-state index contributed by atoms with van der Waals surface area (Å²) in [7, 11) is 1.38. The molecule has 1 amide bonds. The summed E-state index contributed by atoms with van der Waals surface area (Å²) in [4.78, 5) is 23.4. The van der Waals surface area contributed by atoms with Gasteiger partial charge in [-0.1, -0.05) is 48.5 Å². The highest BCUT2D eigenvalue weighted by Gasteiger charge is 2.16. The van der Waals surface area contributed by atoms with Gasteiger partial charge < -0.3 is 14.8 Å². The number of benzene rings is 2. The Balaban J connectivity index is 2.17. The molecule has 2 aromatic carbocycles. The minimum absolute atomic E-state index is 0.225. The van der Waals surface area contributed by atoms with Gasteiger partial charge in [0.05, 0.1) is 13.5 Å². The van der Waals surface area contributed by atoms with Gasteiger partial charge in [0.2, 0.25) is 0 Å². The topological polar surface area (TPSA) is 64.6 Å². The molecule has 0 atom stereocenters. The Morgan fingerprint density at radius 2 is 1.77 bits per heavy atom. The van der Waals surface area contributed by atoms with Crippen molar-refractivity contribution >= 4 is 12.1 Å². The lowest BCUT2D eigenvalue weighted by molar-refractivity contribution is -0.139. The van der Waals surface area contributed by atoms with Crippen molar-refractivity contribution in [3.8, 4) is 11.1 Å². The molecule has 2 rings (SSSR count). The number of rotatable bonds is 5. The minimum atomic E-state index is -0.536. The van der Waals surface area contributed by atoms with Crippen molar-refractivity contribution in [2.45, 2.75) is 39.3 Å². The van der Waals surface area contributed by atoms with Crippen LogP contribution in [0, 0.1) is 0 Å². The van der Waals surface area contributed by atoms with Crippen molar-refractivity contribution in [1.82, 2.24) is 5.32 Å². The van der Waals surface area contributed by atoms with Crippen LogP contribution >= 0.6 is 0 Å². The first kappa shape index (κ1) is 19.5. The molecule has 0 saturated carbocycles. The first-order valence-corrected chi connectivity index (χ1v) is 8.49. The standard InChI is InChI=1S/C21H25NO4/c1-21(2,3)26-20(24)22-14-17-9-5-6-11-18(17)16-10-7-8-15(12-16)13-19(23)25-4/h5-12H,13-14H2,1-4H3,(H,22,24). The van der Waals surface area contributed by atoms with Gasteiger partial charge in [0, 0.05) is 6.54 Å². The third-order valence-corrected chi connectivity index (χ3v) is 3.65. The van der Waals surface area contributed by atoms with Gasteiger partial charge >= 0.3 is 12.1 Å². The molecule has 0 heterocycles. The van der Waals surface area contributed by atoms with Crippen molar-refractivity contribution in [1.29, 1.82) is 0 Å². The maximum absolute atomic E-state index is 11.9. The third-order valence-electron chi connectivity index (χ3n) is 3.65. The molecule has 0 aromatic heterocycles. The van der Waals surface area contributed by atoms with E-state index in [0.717, 1.165) is 22.3 Å². The van der Waals surface area contributed by atoms with E-state index < -0.39 is 11.7 Å². The summed E-state index contributed by atoms with van der Waals surface area (Å²) in [6.45, 7) is 5.83. The summed E-state index contributed by atoms with van der Waals surface area (Å²) in [5.41, 5.74) is 3.28. The molecule has 5 nitrogen and oxygen atoms in total. The van der Waals surface area contributed by atoms with Crippen molar-refractivity contribution < 1.29 is 19.1 Å².